The number of thiazole rings is 1. The van der Waals surface area contributed by atoms with Crippen LogP contribution in [0.15, 0.2) is 54.6 Å². The van der Waals surface area contributed by atoms with Crippen LogP contribution in [0, 0.1) is 0 Å². The zero-order chi connectivity index (χ0) is 20.1. The monoisotopic (exact) mass is 427 g/mol. The van der Waals surface area contributed by atoms with Crippen molar-refractivity contribution in [3.8, 4) is 5.75 Å². The highest BCUT2D eigenvalue weighted by atomic mass is 35.5. The number of aromatic nitrogens is 1. The molecule has 3 aromatic rings. The number of amides is 1. The zero-order valence-corrected chi connectivity index (χ0v) is 17.5. The number of ether oxygens (including phenoxy) is 1. The molecule has 1 saturated heterocycles. The summed E-state index contributed by atoms with van der Waals surface area (Å²) in [6, 6.07) is 15.5. The smallest absolute Gasteiger partial charge is 0.246 e. The summed E-state index contributed by atoms with van der Waals surface area (Å²) in [5.74, 6) is 0.749. The van der Waals surface area contributed by atoms with Crippen LogP contribution in [-0.2, 0) is 4.79 Å². The summed E-state index contributed by atoms with van der Waals surface area (Å²) in [6.07, 6.45) is 3.45. The average Bonchev–Trinajstić information content (AvgIpc) is 3.17. The van der Waals surface area contributed by atoms with E-state index in [9.17, 15) is 4.79 Å². The van der Waals surface area contributed by atoms with E-state index in [0.717, 1.165) is 47.9 Å². The number of piperazine rings is 1. The van der Waals surface area contributed by atoms with E-state index in [0.29, 0.717) is 17.4 Å². The fraction of sp³-hybridized carbons (Fsp3) is 0.273. The summed E-state index contributed by atoms with van der Waals surface area (Å²) in [6.45, 7) is 4.51. The van der Waals surface area contributed by atoms with Gasteiger partial charge in [-0.05, 0) is 30.3 Å². The van der Waals surface area contributed by atoms with Gasteiger partial charge in [-0.15, -0.1) is 11.3 Å². The van der Waals surface area contributed by atoms with E-state index in [-0.39, 0.29) is 5.91 Å². The van der Waals surface area contributed by atoms with E-state index in [1.54, 1.807) is 17.4 Å². The number of carbonyl (C=O) groups is 1. The van der Waals surface area contributed by atoms with Gasteiger partial charge in [-0.1, -0.05) is 35.9 Å². The Morgan fingerprint density at radius 1 is 1.10 bits per heavy atom. The molecule has 0 spiro atoms. The van der Waals surface area contributed by atoms with Crippen LogP contribution in [0.4, 0.5) is 0 Å². The zero-order valence-electron chi connectivity index (χ0n) is 16.0. The van der Waals surface area contributed by atoms with Gasteiger partial charge in [-0.3, -0.25) is 9.69 Å². The normalized spacial score (nSPS) is 15.3. The van der Waals surface area contributed by atoms with Crippen molar-refractivity contribution in [2.24, 2.45) is 0 Å². The van der Waals surface area contributed by atoms with Crippen LogP contribution in [-0.4, -0.2) is 60.0 Å². The molecule has 1 aromatic heterocycles. The van der Waals surface area contributed by atoms with E-state index < -0.39 is 0 Å². The van der Waals surface area contributed by atoms with E-state index >= 15 is 0 Å². The Morgan fingerprint density at radius 3 is 2.66 bits per heavy atom. The van der Waals surface area contributed by atoms with Gasteiger partial charge >= 0.3 is 0 Å². The Labute approximate surface area is 179 Å². The Morgan fingerprint density at radius 2 is 1.86 bits per heavy atom. The minimum Gasteiger partial charge on any atom is -0.491 e. The van der Waals surface area contributed by atoms with E-state index in [2.05, 4.69) is 9.88 Å². The summed E-state index contributed by atoms with van der Waals surface area (Å²) in [4.78, 5) is 21.2. The fourth-order valence-corrected chi connectivity index (χ4v) is 4.31. The van der Waals surface area contributed by atoms with Gasteiger partial charge in [0, 0.05) is 38.8 Å². The maximum Gasteiger partial charge on any atom is 0.246 e. The molecule has 4 rings (SSSR count). The van der Waals surface area contributed by atoms with Crippen LogP contribution in [0.25, 0.3) is 16.3 Å². The Kier molecular flexibility index (Phi) is 6.44. The minimum absolute atomic E-state index is 0.0382. The van der Waals surface area contributed by atoms with E-state index in [1.807, 2.05) is 59.5 Å². The molecule has 7 heteroatoms. The van der Waals surface area contributed by atoms with Crippen molar-refractivity contribution in [2.75, 3.05) is 39.3 Å². The highest BCUT2D eigenvalue weighted by Gasteiger charge is 2.19. The van der Waals surface area contributed by atoms with Crippen LogP contribution in [0.5, 0.6) is 5.75 Å². The second-order valence-electron chi connectivity index (χ2n) is 6.80. The largest absolute Gasteiger partial charge is 0.491 e. The fourth-order valence-electron chi connectivity index (χ4n) is 3.25. The predicted molar refractivity (Wildman–Crippen MR) is 119 cm³/mol. The molecule has 0 N–H and O–H groups in total. The molecule has 0 radical (unpaired) electrons. The van der Waals surface area contributed by atoms with Gasteiger partial charge in [0.05, 0.1) is 15.2 Å². The number of benzene rings is 2. The third-order valence-electron chi connectivity index (χ3n) is 4.86. The van der Waals surface area contributed by atoms with Crippen LogP contribution < -0.4 is 4.74 Å². The lowest BCUT2D eigenvalue weighted by Crippen LogP contribution is -2.49. The molecule has 29 heavy (non-hydrogen) atoms. The van der Waals surface area contributed by atoms with Crippen LogP contribution >= 0.6 is 22.9 Å². The van der Waals surface area contributed by atoms with Gasteiger partial charge in [0.25, 0.3) is 0 Å². The molecule has 1 aliphatic heterocycles. The molecule has 0 aliphatic carbocycles. The third kappa shape index (κ3) is 5.15. The molecule has 1 amide bonds. The predicted octanol–water partition coefficient (Wildman–Crippen LogP) is 4.19. The first-order valence-corrected chi connectivity index (χ1v) is 10.8. The Bertz CT molecular complexity index is 979. The van der Waals surface area contributed by atoms with Gasteiger partial charge in [0.1, 0.15) is 17.4 Å². The maximum absolute atomic E-state index is 12.5. The van der Waals surface area contributed by atoms with Gasteiger partial charge in [-0.25, -0.2) is 4.98 Å². The Balaban J connectivity index is 1.22. The quantitative estimate of drug-likeness (QED) is 0.553. The molecule has 5 nitrogen and oxygen atoms in total. The van der Waals surface area contributed by atoms with Crippen molar-refractivity contribution in [1.82, 2.24) is 14.8 Å². The number of fused-ring (bicyclic) bond motifs is 1. The number of hydrogen-bond acceptors (Lipinski definition) is 5. The molecule has 0 bridgehead atoms. The summed E-state index contributed by atoms with van der Waals surface area (Å²) >= 11 is 7.70. The maximum atomic E-state index is 12.5. The highest BCUT2D eigenvalue weighted by Crippen LogP contribution is 2.23. The Hall–Kier alpha value is -2.41. The highest BCUT2D eigenvalue weighted by molar-refractivity contribution is 7.19. The van der Waals surface area contributed by atoms with Crippen LogP contribution in [0.2, 0.25) is 5.02 Å². The lowest BCUT2D eigenvalue weighted by molar-refractivity contribution is -0.127. The second kappa shape index (κ2) is 9.39. The third-order valence-corrected chi connectivity index (χ3v) is 6.18. The number of nitrogens with zero attached hydrogens (tertiary/aromatic N) is 3. The lowest BCUT2D eigenvalue weighted by Gasteiger charge is -2.34. The van der Waals surface area contributed by atoms with Crippen molar-refractivity contribution in [2.45, 2.75) is 0 Å². The van der Waals surface area contributed by atoms with E-state index in [4.69, 9.17) is 16.3 Å². The van der Waals surface area contributed by atoms with Gasteiger partial charge in [0.15, 0.2) is 0 Å². The first-order chi connectivity index (χ1) is 14.2. The SMILES string of the molecule is O=C(/C=C/c1nc2ccccc2s1)N1CCN(CCOc2ccccc2Cl)CC1. The van der Waals surface area contributed by atoms with Gasteiger partial charge in [-0.2, -0.15) is 0 Å². The molecule has 1 fully saturated rings. The molecular formula is C22H22ClN3O2S. The summed E-state index contributed by atoms with van der Waals surface area (Å²) < 4.78 is 6.89. The number of rotatable bonds is 6. The van der Waals surface area contributed by atoms with E-state index in [1.165, 1.54) is 0 Å². The number of carbonyl (C=O) groups excluding carboxylic acids is 1. The van der Waals surface area contributed by atoms with Crippen molar-refractivity contribution in [1.29, 1.82) is 0 Å². The molecule has 150 valence electrons. The molecule has 0 unspecified atom stereocenters. The molecule has 0 atom stereocenters. The van der Waals surface area contributed by atoms with Crippen LogP contribution in [0.3, 0.4) is 0 Å². The molecule has 1 aliphatic rings. The summed E-state index contributed by atoms with van der Waals surface area (Å²) in [7, 11) is 0. The molecular weight excluding hydrogens is 406 g/mol. The summed E-state index contributed by atoms with van der Waals surface area (Å²) in [5, 5.41) is 1.48. The van der Waals surface area contributed by atoms with Crippen molar-refractivity contribution < 1.29 is 9.53 Å². The van der Waals surface area contributed by atoms with Crippen LogP contribution in [0.1, 0.15) is 5.01 Å². The van der Waals surface area contributed by atoms with Gasteiger partial charge < -0.3 is 9.64 Å². The first-order valence-electron chi connectivity index (χ1n) is 9.61. The summed E-state index contributed by atoms with van der Waals surface area (Å²) in [5.41, 5.74) is 0.970. The van der Waals surface area contributed by atoms with Crippen molar-refractivity contribution >= 4 is 45.1 Å². The number of para-hydroxylation sites is 2. The van der Waals surface area contributed by atoms with Crippen molar-refractivity contribution in [3.05, 3.63) is 64.6 Å². The number of halogens is 1. The van der Waals surface area contributed by atoms with Gasteiger partial charge in [0.2, 0.25) is 5.91 Å². The standard InChI is InChI=1S/C22H22ClN3O2S/c23-17-5-1-3-7-19(17)28-16-15-25-11-13-26(14-12-25)22(27)10-9-21-24-18-6-2-4-8-20(18)29-21/h1-10H,11-16H2/b10-9+. The lowest BCUT2D eigenvalue weighted by atomic mass is 10.3. The molecule has 2 aromatic carbocycles. The molecule has 0 saturated carbocycles. The number of hydrogen-bond donors (Lipinski definition) is 0. The first kappa shape index (κ1) is 19.9. The average molecular weight is 428 g/mol. The minimum atomic E-state index is 0.0382. The second-order valence-corrected chi connectivity index (χ2v) is 8.27. The topological polar surface area (TPSA) is 45.7 Å². The molecule has 2 heterocycles. The van der Waals surface area contributed by atoms with Crippen molar-refractivity contribution in [3.63, 3.8) is 0 Å².